The van der Waals surface area contributed by atoms with Crippen LogP contribution in [-0.2, 0) is 13.1 Å². The largest absolute Gasteiger partial charge is 0.496 e. The van der Waals surface area contributed by atoms with Gasteiger partial charge in [-0.05, 0) is 66.2 Å². The number of benzene rings is 3. The normalized spacial score (nSPS) is 12.9. The van der Waals surface area contributed by atoms with Gasteiger partial charge in [-0.3, -0.25) is 9.59 Å². The van der Waals surface area contributed by atoms with E-state index in [2.05, 4.69) is 16.0 Å². The molecule has 0 bridgehead atoms. The second-order valence-corrected chi connectivity index (χ2v) is 12.5. The first kappa shape index (κ1) is 30.9. The predicted molar refractivity (Wildman–Crippen MR) is 180 cm³/mol. The van der Waals surface area contributed by atoms with E-state index in [0.717, 1.165) is 22.6 Å². The van der Waals surface area contributed by atoms with E-state index in [1.54, 1.807) is 60.9 Å². The number of amides is 2. The Balaban J connectivity index is 1.22. The van der Waals surface area contributed by atoms with Gasteiger partial charge in [0.1, 0.15) is 5.75 Å². The van der Waals surface area contributed by atoms with Crippen molar-refractivity contribution in [3.63, 3.8) is 0 Å². The van der Waals surface area contributed by atoms with Gasteiger partial charge in [-0.2, -0.15) is 5.26 Å². The summed E-state index contributed by atoms with van der Waals surface area (Å²) in [6.07, 6.45) is 3.52. The average Bonchev–Trinajstić information content (AvgIpc) is 3.75. The zero-order valence-corrected chi connectivity index (χ0v) is 26.7. The van der Waals surface area contributed by atoms with Gasteiger partial charge < -0.3 is 24.0 Å². The molecule has 0 N–H and O–H groups in total. The SMILES string of the molecule is COc1ccccc1C(=O)N(Cc1cncn1Cc1ccc(C#N)cc1)c1ccc(N2CCN(C(=O)c3ccc(Cl)s3)CC2)cc1. The topological polar surface area (TPSA) is 94.7 Å². The fraction of sp³-hybridized carbons (Fsp3) is 0.200. The molecule has 2 amide bonds. The summed E-state index contributed by atoms with van der Waals surface area (Å²) in [7, 11) is 1.56. The lowest BCUT2D eigenvalue weighted by Gasteiger charge is -2.36. The maximum Gasteiger partial charge on any atom is 0.264 e. The van der Waals surface area contributed by atoms with E-state index in [1.165, 1.54) is 11.3 Å². The highest BCUT2D eigenvalue weighted by Crippen LogP contribution is 2.29. The number of methoxy groups -OCH3 is 1. The average molecular weight is 651 g/mol. The number of thiophene rings is 1. The molecule has 0 unspecified atom stereocenters. The number of carbonyl (C=O) groups excluding carboxylic acids is 2. The Morgan fingerprint density at radius 3 is 2.39 bits per heavy atom. The number of piperazine rings is 1. The highest BCUT2D eigenvalue weighted by molar-refractivity contribution is 7.17. The molecule has 232 valence electrons. The standard InChI is InChI=1S/C35H31ClN6O3S/c1-45-31-5-3-2-4-30(31)34(43)42(23-29-21-38-24-41(29)22-26-8-6-25(20-37)7-9-26)28-12-10-27(11-13-28)39-16-18-40(19-17-39)35(44)32-14-15-33(36)46-32/h2-15,21,24H,16-19,22-23H2,1H3. The molecule has 0 atom stereocenters. The number of hydrogen-bond acceptors (Lipinski definition) is 7. The summed E-state index contributed by atoms with van der Waals surface area (Å²) < 4.78 is 8.14. The Bertz CT molecular complexity index is 1870. The predicted octanol–water partition coefficient (Wildman–Crippen LogP) is 6.34. The number of carbonyl (C=O) groups is 2. The summed E-state index contributed by atoms with van der Waals surface area (Å²) >= 11 is 7.34. The number of rotatable bonds is 9. The molecule has 0 spiro atoms. The number of aromatic nitrogens is 2. The minimum atomic E-state index is -0.197. The maximum absolute atomic E-state index is 14.1. The van der Waals surface area contributed by atoms with Gasteiger partial charge in [0.25, 0.3) is 11.8 Å². The highest BCUT2D eigenvalue weighted by Gasteiger charge is 2.25. The van der Waals surface area contributed by atoms with Crippen LogP contribution in [0.4, 0.5) is 11.4 Å². The molecule has 1 fully saturated rings. The molecule has 11 heteroatoms. The minimum Gasteiger partial charge on any atom is -0.496 e. The number of halogens is 1. The van der Waals surface area contributed by atoms with Crippen molar-refractivity contribution in [1.82, 2.24) is 14.5 Å². The van der Waals surface area contributed by atoms with E-state index < -0.39 is 0 Å². The molecule has 46 heavy (non-hydrogen) atoms. The third-order valence-electron chi connectivity index (χ3n) is 8.01. The van der Waals surface area contributed by atoms with E-state index in [0.29, 0.717) is 58.8 Å². The van der Waals surface area contributed by atoms with Crippen LogP contribution in [0.2, 0.25) is 4.34 Å². The Morgan fingerprint density at radius 2 is 1.72 bits per heavy atom. The lowest BCUT2D eigenvalue weighted by atomic mass is 10.1. The summed E-state index contributed by atoms with van der Waals surface area (Å²) in [5, 5.41) is 9.15. The zero-order chi connectivity index (χ0) is 32.0. The summed E-state index contributed by atoms with van der Waals surface area (Å²) in [6.45, 7) is 3.44. The Hall–Kier alpha value is -5.11. The monoisotopic (exact) mass is 650 g/mol. The fourth-order valence-corrected chi connectivity index (χ4v) is 6.52. The molecule has 1 saturated heterocycles. The summed E-state index contributed by atoms with van der Waals surface area (Å²) in [5.74, 6) is 0.311. The van der Waals surface area contributed by atoms with Gasteiger partial charge in [0, 0.05) is 50.3 Å². The first-order valence-corrected chi connectivity index (χ1v) is 16.0. The van der Waals surface area contributed by atoms with Crippen LogP contribution in [0.25, 0.3) is 0 Å². The molecule has 3 heterocycles. The van der Waals surface area contributed by atoms with E-state index in [1.807, 2.05) is 58.0 Å². The van der Waals surface area contributed by atoms with E-state index in [-0.39, 0.29) is 18.4 Å². The van der Waals surface area contributed by atoms with Crippen LogP contribution in [0.1, 0.15) is 36.9 Å². The van der Waals surface area contributed by atoms with Crippen LogP contribution in [0.3, 0.4) is 0 Å². The van der Waals surface area contributed by atoms with Gasteiger partial charge in [-0.1, -0.05) is 35.9 Å². The van der Waals surface area contributed by atoms with Crippen molar-refractivity contribution in [3.05, 3.63) is 129 Å². The summed E-state index contributed by atoms with van der Waals surface area (Å²) in [6, 6.07) is 28.3. The summed E-state index contributed by atoms with van der Waals surface area (Å²) in [5.41, 5.74) is 4.68. The zero-order valence-electron chi connectivity index (χ0n) is 25.2. The van der Waals surface area contributed by atoms with Gasteiger partial charge in [0.2, 0.25) is 0 Å². The van der Waals surface area contributed by atoms with Crippen LogP contribution in [0.15, 0.2) is 97.5 Å². The van der Waals surface area contributed by atoms with Crippen molar-refractivity contribution in [2.24, 2.45) is 0 Å². The van der Waals surface area contributed by atoms with E-state index in [9.17, 15) is 9.59 Å². The molecular weight excluding hydrogens is 620 g/mol. The van der Waals surface area contributed by atoms with Gasteiger partial charge >= 0.3 is 0 Å². The first-order chi connectivity index (χ1) is 22.4. The third-order valence-corrected chi connectivity index (χ3v) is 9.23. The number of ether oxygens (including phenoxy) is 1. The minimum absolute atomic E-state index is 0.0100. The molecule has 1 aliphatic rings. The Morgan fingerprint density at radius 1 is 0.978 bits per heavy atom. The molecule has 3 aromatic carbocycles. The van der Waals surface area contributed by atoms with Crippen LogP contribution >= 0.6 is 22.9 Å². The van der Waals surface area contributed by atoms with Crippen molar-refractivity contribution in [2.45, 2.75) is 13.1 Å². The number of nitriles is 1. The fourth-order valence-electron chi connectivity index (χ4n) is 5.51. The smallest absolute Gasteiger partial charge is 0.264 e. The Labute approximate surface area is 276 Å². The number of hydrogen-bond donors (Lipinski definition) is 0. The van der Waals surface area contributed by atoms with Crippen molar-refractivity contribution in [1.29, 1.82) is 5.26 Å². The second kappa shape index (κ2) is 13.9. The molecular formula is C35H31ClN6O3S. The molecule has 1 aliphatic heterocycles. The number of imidazole rings is 1. The number of anilines is 2. The van der Waals surface area contributed by atoms with E-state index in [4.69, 9.17) is 21.6 Å². The van der Waals surface area contributed by atoms with E-state index >= 15 is 0 Å². The van der Waals surface area contributed by atoms with Crippen molar-refractivity contribution in [2.75, 3.05) is 43.1 Å². The molecule has 2 aromatic heterocycles. The van der Waals surface area contributed by atoms with Gasteiger partial charge in [0.15, 0.2) is 0 Å². The van der Waals surface area contributed by atoms with Crippen LogP contribution in [-0.4, -0.2) is 59.6 Å². The van der Waals surface area contributed by atoms with Crippen molar-refractivity contribution < 1.29 is 14.3 Å². The molecule has 0 aliphatic carbocycles. The van der Waals surface area contributed by atoms with Gasteiger partial charge in [0.05, 0.1) is 52.1 Å². The molecule has 0 radical (unpaired) electrons. The quantitative estimate of drug-likeness (QED) is 0.185. The van der Waals surface area contributed by atoms with Gasteiger partial charge in [-0.15, -0.1) is 11.3 Å². The number of para-hydroxylation sites is 1. The maximum atomic E-state index is 14.1. The van der Waals surface area contributed by atoms with Crippen LogP contribution in [0, 0.1) is 11.3 Å². The lowest BCUT2D eigenvalue weighted by Crippen LogP contribution is -2.48. The Kier molecular flexibility index (Phi) is 9.33. The van der Waals surface area contributed by atoms with Crippen LogP contribution in [0.5, 0.6) is 5.75 Å². The summed E-state index contributed by atoms with van der Waals surface area (Å²) in [4.78, 5) is 37.9. The molecule has 6 rings (SSSR count). The molecule has 5 aromatic rings. The van der Waals surface area contributed by atoms with Crippen LogP contribution < -0.4 is 14.5 Å². The number of nitrogens with zero attached hydrogens (tertiary/aromatic N) is 6. The van der Waals surface area contributed by atoms with Gasteiger partial charge in [-0.25, -0.2) is 4.98 Å². The van der Waals surface area contributed by atoms with Crippen molar-refractivity contribution >= 4 is 46.1 Å². The molecule has 9 nitrogen and oxygen atoms in total. The van der Waals surface area contributed by atoms with Crippen molar-refractivity contribution in [3.8, 4) is 11.8 Å². The third kappa shape index (κ3) is 6.76. The first-order valence-electron chi connectivity index (χ1n) is 14.8. The highest BCUT2D eigenvalue weighted by atomic mass is 35.5. The lowest BCUT2D eigenvalue weighted by molar-refractivity contribution is 0.0751. The molecule has 0 saturated carbocycles. The second-order valence-electron chi connectivity index (χ2n) is 10.8.